The number of nitrogens with zero attached hydrogens (tertiary/aromatic N) is 1. The van der Waals surface area contributed by atoms with Crippen molar-refractivity contribution < 1.29 is 9.50 Å². The summed E-state index contributed by atoms with van der Waals surface area (Å²) in [6, 6.07) is 11.3. The molecule has 19 heavy (non-hydrogen) atoms. The molecule has 0 bridgehead atoms. The first-order chi connectivity index (χ1) is 9.06. The number of hydrogen-bond acceptors (Lipinski definition) is 2. The second kappa shape index (κ2) is 5.97. The predicted octanol–water partition coefficient (Wildman–Crippen LogP) is 4.47. The maximum atomic E-state index is 12.8. The van der Waals surface area contributed by atoms with Crippen molar-refractivity contribution in [2.45, 2.75) is 13.0 Å². The molecule has 0 heterocycles. The zero-order valence-electron chi connectivity index (χ0n) is 10.3. The summed E-state index contributed by atoms with van der Waals surface area (Å²) in [5, 5.41) is 9.69. The molecule has 0 spiro atoms. The zero-order valence-corrected chi connectivity index (χ0v) is 11.9. The standard InChI is InChI=1S/C15H13BrFNO/c1-10(11-2-5-14(17)6-3-11)18-9-12-8-13(16)4-7-15(12)19/h2-10,19H,1H3/t10-/m1/s1. The predicted molar refractivity (Wildman–Crippen MR) is 78.2 cm³/mol. The number of halogens is 2. The summed E-state index contributed by atoms with van der Waals surface area (Å²) >= 11 is 3.34. The van der Waals surface area contributed by atoms with E-state index in [4.69, 9.17) is 0 Å². The first-order valence-electron chi connectivity index (χ1n) is 5.83. The van der Waals surface area contributed by atoms with Gasteiger partial charge in [-0.05, 0) is 42.8 Å². The Morgan fingerprint density at radius 3 is 2.58 bits per heavy atom. The van der Waals surface area contributed by atoms with E-state index in [-0.39, 0.29) is 17.6 Å². The lowest BCUT2D eigenvalue weighted by atomic mass is 10.1. The fourth-order valence-corrected chi connectivity index (χ4v) is 2.03. The van der Waals surface area contributed by atoms with E-state index >= 15 is 0 Å². The van der Waals surface area contributed by atoms with Crippen molar-refractivity contribution in [3.05, 3.63) is 63.9 Å². The van der Waals surface area contributed by atoms with Gasteiger partial charge in [0.1, 0.15) is 11.6 Å². The van der Waals surface area contributed by atoms with Crippen LogP contribution in [0.5, 0.6) is 5.75 Å². The minimum absolute atomic E-state index is 0.0982. The third-order valence-electron chi connectivity index (χ3n) is 2.78. The number of rotatable bonds is 3. The van der Waals surface area contributed by atoms with Crippen molar-refractivity contribution in [1.29, 1.82) is 0 Å². The van der Waals surface area contributed by atoms with Crippen LogP contribution in [0.25, 0.3) is 0 Å². The lowest BCUT2D eigenvalue weighted by Crippen LogP contribution is -1.92. The van der Waals surface area contributed by atoms with Gasteiger partial charge in [-0.3, -0.25) is 4.99 Å². The fourth-order valence-electron chi connectivity index (χ4n) is 1.65. The highest BCUT2D eigenvalue weighted by molar-refractivity contribution is 9.10. The van der Waals surface area contributed by atoms with Crippen LogP contribution in [0.2, 0.25) is 0 Å². The monoisotopic (exact) mass is 321 g/mol. The van der Waals surface area contributed by atoms with Crippen LogP contribution in [0.1, 0.15) is 24.1 Å². The first-order valence-corrected chi connectivity index (χ1v) is 6.63. The fraction of sp³-hybridized carbons (Fsp3) is 0.133. The van der Waals surface area contributed by atoms with Crippen molar-refractivity contribution in [2.24, 2.45) is 4.99 Å². The van der Waals surface area contributed by atoms with Crippen LogP contribution < -0.4 is 0 Å². The number of benzene rings is 2. The van der Waals surface area contributed by atoms with Crippen molar-refractivity contribution in [3.8, 4) is 5.75 Å². The van der Waals surface area contributed by atoms with E-state index in [1.165, 1.54) is 12.1 Å². The molecule has 2 aromatic carbocycles. The zero-order chi connectivity index (χ0) is 13.8. The molecule has 4 heteroatoms. The molecule has 0 aliphatic heterocycles. The maximum absolute atomic E-state index is 12.8. The molecule has 2 rings (SSSR count). The van der Waals surface area contributed by atoms with E-state index in [1.54, 1.807) is 36.5 Å². The van der Waals surface area contributed by atoms with Gasteiger partial charge in [0, 0.05) is 16.3 Å². The second-order valence-corrected chi connectivity index (χ2v) is 5.12. The van der Waals surface area contributed by atoms with E-state index in [9.17, 15) is 9.50 Å². The Hall–Kier alpha value is -1.68. The summed E-state index contributed by atoms with van der Waals surface area (Å²) in [5.74, 6) is -0.0807. The van der Waals surface area contributed by atoms with Crippen LogP contribution in [-0.4, -0.2) is 11.3 Å². The van der Waals surface area contributed by atoms with Gasteiger partial charge in [0.15, 0.2) is 0 Å². The van der Waals surface area contributed by atoms with Gasteiger partial charge in [-0.25, -0.2) is 4.39 Å². The summed E-state index contributed by atoms with van der Waals surface area (Å²) in [7, 11) is 0. The second-order valence-electron chi connectivity index (χ2n) is 4.21. The van der Waals surface area contributed by atoms with Crippen LogP contribution in [0.4, 0.5) is 4.39 Å². The minimum atomic E-state index is -0.260. The molecule has 0 fully saturated rings. The van der Waals surface area contributed by atoms with E-state index in [1.807, 2.05) is 6.92 Å². The SMILES string of the molecule is C[C@@H](N=Cc1cc(Br)ccc1O)c1ccc(F)cc1. The molecule has 2 nitrogen and oxygen atoms in total. The summed E-state index contributed by atoms with van der Waals surface area (Å²) in [5.41, 5.74) is 1.57. The van der Waals surface area contributed by atoms with Crippen LogP contribution in [0, 0.1) is 5.82 Å². The number of aromatic hydroxyl groups is 1. The first kappa shape index (κ1) is 13.7. The molecular formula is C15H13BrFNO. The number of phenols is 1. The number of phenolic OH excluding ortho intramolecular Hbond substituents is 1. The lowest BCUT2D eigenvalue weighted by molar-refractivity contribution is 0.474. The molecule has 0 radical (unpaired) electrons. The molecular weight excluding hydrogens is 309 g/mol. The highest BCUT2D eigenvalue weighted by Crippen LogP contribution is 2.22. The molecule has 0 aliphatic carbocycles. The van der Waals surface area contributed by atoms with Gasteiger partial charge in [0.05, 0.1) is 6.04 Å². The van der Waals surface area contributed by atoms with Crippen LogP contribution in [-0.2, 0) is 0 Å². The summed E-state index contributed by atoms with van der Waals surface area (Å²) in [4.78, 5) is 4.37. The Kier molecular flexibility index (Phi) is 4.32. The van der Waals surface area contributed by atoms with E-state index in [0.29, 0.717) is 5.56 Å². The van der Waals surface area contributed by atoms with Crippen LogP contribution >= 0.6 is 15.9 Å². The van der Waals surface area contributed by atoms with Gasteiger partial charge in [-0.15, -0.1) is 0 Å². The van der Waals surface area contributed by atoms with E-state index in [2.05, 4.69) is 20.9 Å². The number of hydrogen-bond donors (Lipinski definition) is 1. The Morgan fingerprint density at radius 2 is 1.89 bits per heavy atom. The highest BCUT2D eigenvalue weighted by atomic mass is 79.9. The van der Waals surface area contributed by atoms with Crippen molar-refractivity contribution >= 4 is 22.1 Å². The molecule has 1 N–H and O–H groups in total. The Morgan fingerprint density at radius 1 is 1.21 bits per heavy atom. The highest BCUT2D eigenvalue weighted by Gasteiger charge is 2.04. The number of aliphatic imine (C=N–C) groups is 1. The topological polar surface area (TPSA) is 32.6 Å². The van der Waals surface area contributed by atoms with Crippen LogP contribution in [0.15, 0.2) is 51.9 Å². The third-order valence-corrected chi connectivity index (χ3v) is 3.27. The smallest absolute Gasteiger partial charge is 0.124 e. The molecule has 98 valence electrons. The summed E-state index contributed by atoms with van der Waals surface area (Å²) in [6.45, 7) is 1.92. The molecule has 0 unspecified atom stereocenters. The van der Waals surface area contributed by atoms with Gasteiger partial charge in [-0.1, -0.05) is 28.1 Å². The Bertz CT molecular complexity index is 596. The van der Waals surface area contributed by atoms with E-state index < -0.39 is 0 Å². The molecule has 1 atom stereocenters. The average Bonchev–Trinajstić information content (AvgIpc) is 2.40. The maximum Gasteiger partial charge on any atom is 0.124 e. The van der Waals surface area contributed by atoms with Gasteiger partial charge in [0.2, 0.25) is 0 Å². The lowest BCUT2D eigenvalue weighted by Gasteiger charge is -2.06. The molecule has 2 aromatic rings. The molecule has 0 saturated carbocycles. The Balaban J connectivity index is 2.18. The molecule has 0 aromatic heterocycles. The van der Waals surface area contributed by atoms with Crippen LogP contribution in [0.3, 0.4) is 0 Å². The largest absolute Gasteiger partial charge is 0.507 e. The molecule has 0 amide bonds. The van der Waals surface area contributed by atoms with Crippen molar-refractivity contribution in [2.75, 3.05) is 0 Å². The quantitative estimate of drug-likeness (QED) is 0.831. The molecule has 0 aliphatic rings. The van der Waals surface area contributed by atoms with Crippen molar-refractivity contribution in [1.82, 2.24) is 0 Å². The van der Waals surface area contributed by atoms with Gasteiger partial charge < -0.3 is 5.11 Å². The molecule has 0 saturated heterocycles. The van der Waals surface area contributed by atoms with Gasteiger partial charge in [-0.2, -0.15) is 0 Å². The van der Waals surface area contributed by atoms with Crippen molar-refractivity contribution in [3.63, 3.8) is 0 Å². The summed E-state index contributed by atoms with van der Waals surface area (Å²) in [6.07, 6.45) is 1.62. The Labute approximate surface area is 119 Å². The average molecular weight is 322 g/mol. The van der Waals surface area contributed by atoms with Gasteiger partial charge in [0.25, 0.3) is 0 Å². The third kappa shape index (κ3) is 3.64. The summed E-state index contributed by atoms with van der Waals surface area (Å²) < 4.78 is 13.7. The van der Waals surface area contributed by atoms with Gasteiger partial charge >= 0.3 is 0 Å². The minimum Gasteiger partial charge on any atom is -0.507 e. The van der Waals surface area contributed by atoms with E-state index in [0.717, 1.165) is 10.0 Å². The normalized spacial score (nSPS) is 12.8.